The van der Waals surface area contributed by atoms with Gasteiger partial charge in [0.15, 0.2) is 0 Å². The van der Waals surface area contributed by atoms with E-state index in [1.54, 1.807) is 24.3 Å². The van der Waals surface area contributed by atoms with Gasteiger partial charge in [-0.1, -0.05) is 30.3 Å². The molecule has 12 nitrogen and oxygen atoms in total. The third kappa shape index (κ3) is 6.61. The van der Waals surface area contributed by atoms with Crippen molar-refractivity contribution < 1.29 is 28.6 Å². The largest absolute Gasteiger partial charge is 0.460 e. The lowest BCUT2D eigenvalue weighted by molar-refractivity contribution is -0.146. The molecular weight excluding hydrogens is 461 g/mol. The Labute approximate surface area is 187 Å². The van der Waals surface area contributed by atoms with Crippen molar-refractivity contribution in [3.8, 4) is 0 Å². The number of esters is 1. The van der Waals surface area contributed by atoms with Crippen molar-refractivity contribution in [3.63, 3.8) is 0 Å². The van der Waals surface area contributed by atoms with Crippen molar-refractivity contribution in [2.24, 2.45) is 0 Å². The van der Waals surface area contributed by atoms with Gasteiger partial charge in [0.1, 0.15) is 19.0 Å². The number of benzene rings is 1. The topological polar surface area (TPSA) is 179 Å². The molecule has 174 valence electrons. The van der Waals surface area contributed by atoms with E-state index in [-0.39, 0.29) is 25.6 Å². The standard InChI is InChI=1S/C18H24N5O7PS/c1-11(16(25)29-8-12-5-3-2-4-6-12)22-31(27,28)30-9-14-13(24)7-15(32-14)23-10-20-17(19)21-18(23)26/h2-6,10-11,13-15,24H,7-9H2,1H3,(H2,19,21,26)(H2,22,27,28)/t11-,13+,14?,15+/m0/s1. The highest BCUT2D eigenvalue weighted by Gasteiger charge is 2.37. The van der Waals surface area contributed by atoms with Crippen LogP contribution in [-0.4, -0.2) is 54.5 Å². The molecule has 5 atom stereocenters. The second-order valence-electron chi connectivity index (χ2n) is 7.10. The summed E-state index contributed by atoms with van der Waals surface area (Å²) in [4.78, 5) is 41.4. The number of ether oxygens (including phenoxy) is 1. The lowest BCUT2D eigenvalue weighted by atomic mass is 10.2. The van der Waals surface area contributed by atoms with Gasteiger partial charge in [0.05, 0.1) is 23.3 Å². The van der Waals surface area contributed by atoms with E-state index in [0.29, 0.717) is 0 Å². The number of thioether (sulfide) groups is 1. The molecule has 1 aromatic carbocycles. The van der Waals surface area contributed by atoms with Crippen LogP contribution in [-0.2, 0) is 25.2 Å². The van der Waals surface area contributed by atoms with Gasteiger partial charge in [-0.3, -0.25) is 13.9 Å². The quantitative estimate of drug-likeness (QED) is 0.285. The van der Waals surface area contributed by atoms with E-state index in [1.165, 1.54) is 29.6 Å². The van der Waals surface area contributed by atoms with Crippen LogP contribution in [0.4, 0.5) is 5.95 Å². The molecule has 32 heavy (non-hydrogen) atoms. The molecule has 2 aromatic rings. The Bertz CT molecular complexity index is 1040. The Balaban J connectivity index is 1.49. The summed E-state index contributed by atoms with van der Waals surface area (Å²) < 4.78 is 23.8. The molecule has 1 aliphatic heterocycles. The highest BCUT2D eigenvalue weighted by atomic mass is 32.2. The van der Waals surface area contributed by atoms with Gasteiger partial charge in [-0.05, 0) is 12.5 Å². The number of carbonyl (C=O) groups excluding carboxylic acids is 1. The predicted molar refractivity (Wildman–Crippen MR) is 116 cm³/mol. The molecule has 0 amide bonds. The number of hydrogen-bond acceptors (Lipinski definition) is 10. The highest BCUT2D eigenvalue weighted by Crippen LogP contribution is 2.44. The highest BCUT2D eigenvalue weighted by molar-refractivity contribution is 8.00. The number of nitrogen functional groups attached to an aromatic ring is 1. The summed E-state index contributed by atoms with van der Waals surface area (Å²) in [6.45, 7) is 1.12. The third-order valence-corrected chi connectivity index (χ3v) is 7.35. The number of hydrogen-bond donors (Lipinski definition) is 4. The Hall–Kier alpha value is -2.28. The first-order chi connectivity index (χ1) is 15.1. The summed E-state index contributed by atoms with van der Waals surface area (Å²) in [7, 11) is -4.37. The van der Waals surface area contributed by atoms with E-state index in [9.17, 15) is 24.2 Å². The fraction of sp³-hybridized carbons (Fsp3) is 0.444. The first-order valence-corrected chi connectivity index (χ1v) is 12.2. The summed E-state index contributed by atoms with van der Waals surface area (Å²) in [6, 6.07) is 7.91. The summed E-state index contributed by atoms with van der Waals surface area (Å²) in [5.74, 6) is -0.872. The summed E-state index contributed by atoms with van der Waals surface area (Å²) in [5, 5.41) is 11.4. The van der Waals surface area contributed by atoms with Gasteiger partial charge in [0.2, 0.25) is 5.95 Å². The fourth-order valence-corrected chi connectivity index (χ4v) is 5.51. The van der Waals surface area contributed by atoms with E-state index in [1.807, 2.05) is 6.07 Å². The van der Waals surface area contributed by atoms with Crippen LogP contribution >= 0.6 is 19.5 Å². The molecule has 0 aliphatic carbocycles. The number of nitrogens with two attached hydrogens (primary N) is 1. The first-order valence-electron chi connectivity index (χ1n) is 9.64. The second kappa shape index (κ2) is 10.6. The number of anilines is 1. The minimum absolute atomic E-state index is 0.0306. The van der Waals surface area contributed by atoms with Crippen molar-refractivity contribution >= 4 is 31.4 Å². The first kappa shape index (κ1) is 24.4. The minimum Gasteiger partial charge on any atom is -0.460 e. The van der Waals surface area contributed by atoms with Crippen molar-refractivity contribution in [1.82, 2.24) is 19.6 Å². The van der Waals surface area contributed by atoms with Gasteiger partial charge in [0.25, 0.3) is 0 Å². The normalized spacial score (nSPS) is 23.4. The molecule has 0 radical (unpaired) electrons. The van der Waals surface area contributed by atoms with E-state index in [2.05, 4.69) is 15.1 Å². The van der Waals surface area contributed by atoms with Crippen LogP contribution in [0.3, 0.4) is 0 Å². The smallest absolute Gasteiger partial charge is 0.403 e. The Morgan fingerprint density at radius 3 is 2.84 bits per heavy atom. The van der Waals surface area contributed by atoms with Crippen molar-refractivity contribution in [2.45, 2.75) is 42.7 Å². The number of aliphatic hydroxyl groups excluding tert-OH is 1. The van der Waals surface area contributed by atoms with Gasteiger partial charge in [0, 0.05) is 6.42 Å². The molecule has 0 saturated carbocycles. The van der Waals surface area contributed by atoms with E-state index >= 15 is 0 Å². The predicted octanol–water partition coefficient (Wildman–Crippen LogP) is 0.424. The fourth-order valence-electron chi connectivity index (χ4n) is 2.95. The Morgan fingerprint density at radius 1 is 1.44 bits per heavy atom. The van der Waals surface area contributed by atoms with Crippen LogP contribution in [0.25, 0.3) is 0 Å². The minimum atomic E-state index is -4.37. The summed E-state index contributed by atoms with van der Waals surface area (Å²) in [5.41, 5.74) is 5.55. The molecule has 1 aromatic heterocycles. The number of nitrogens with one attached hydrogen (secondary N) is 1. The average Bonchev–Trinajstić information content (AvgIpc) is 3.11. The van der Waals surface area contributed by atoms with Gasteiger partial charge in [-0.2, -0.15) is 4.98 Å². The number of aliphatic hydroxyl groups is 1. The molecule has 2 heterocycles. The number of carbonyl (C=O) groups is 1. The summed E-state index contributed by atoms with van der Waals surface area (Å²) in [6.07, 6.45) is 0.527. The monoisotopic (exact) mass is 485 g/mol. The van der Waals surface area contributed by atoms with Gasteiger partial charge in [-0.25, -0.2) is 19.4 Å². The lowest BCUT2D eigenvalue weighted by Crippen LogP contribution is -2.34. The molecule has 1 aliphatic rings. The Morgan fingerprint density at radius 2 is 2.16 bits per heavy atom. The zero-order valence-corrected chi connectivity index (χ0v) is 18.8. The Kier molecular flexibility index (Phi) is 8.04. The van der Waals surface area contributed by atoms with Crippen molar-refractivity contribution in [3.05, 3.63) is 52.7 Å². The lowest BCUT2D eigenvalue weighted by Gasteiger charge is -2.20. The molecule has 0 spiro atoms. The molecule has 0 bridgehead atoms. The van der Waals surface area contributed by atoms with Crippen LogP contribution in [0.1, 0.15) is 24.3 Å². The zero-order chi connectivity index (χ0) is 23.3. The number of nitrogens with zero attached hydrogens (tertiary/aromatic N) is 3. The summed E-state index contributed by atoms with van der Waals surface area (Å²) >= 11 is 1.18. The number of aromatic nitrogens is 3. The van der Waals surface area contributed by atoms with Crippen molar-refractivity contribution in [1.29, 1.82) is 0 Å². The van der Waals surface area contributed by atoms with Crippen LogP contribution in [0.15, 0.2) is 41.5 Å². The SMILES string of the molecule is C[C@H](NP(=O)(O)OCC1S[C@@H](n2cnc(N)nc2=O)C[C@H]1O)C(=O)OCc1ccccc1. The van der Waals surface area contributed by atoms with Crippen LogP contribution in [0.5, 0.6) is 0 Å². The average molecular weight is 485 g/mol. The van der Waals surface area contributed by atoms with E-state index in [0.717, 1.165) is 5.56 Å². The molecule has 1 fully saturated rings. The molecule has 14 heteroatoms. The maximum absolute atomic E-state index is 12.3. The van der Waals surface area contributed by atoms with Gasteiger partial charge in [-0.15, -0.1) is 11.8 Å². The third-order valence-electron chi connectivity index (χ3n) is 4.61. The molecular formula is C18H24N5O7PS. The maximum Gasteiger partial charge on any atom is 0.403 e. The molecule has 3 rings (SSSR count). The van der Waals surface area contributed by atoms with E-state index < -0.39 is 42.2 Å². The molecule has 1 saturated heterocycles. The molecule has 5 N–H and O–H groups in total. The maximum atomic E-state index is 12.3. The van der Waals surface area contributed by atoms with Gasteiger partial charge >= 0.3 is 19.4 Å². The van der Waals surface area contributed by atoms with Gasteiger partial charge < -0.3 is 20.5 Å². The zero-order valence-electron chi connectivity index (χ0n) is 17.1. The van der Waals surface area contributed by atoms with Crippen LogP contribution < -0.4 is 16.5 Å². The van der Waals surface area contributed by atoms with Crippen molar-refractivity contribution in [2.75, 3.05) is 12.3 Å². The van der Waals surface area contributed by atoms with Crippen LogP contribution in [0.2, 0.25) is 0 Å². The second-order valence-corrected chi connectivity index (χ2v) is 10.1. The van der Waals surface area contributed by atoms with E-state index in [4.69, 9.17) is 15.0 Å². The molecule has 2 unspecified atom stereocenters. The number of rotatable bonds is 9. The van der Waals surface area contributed by atoms with Crippen LogP contribution in [0, 0.1) is 0 Å².